The Morgan fingerprint density at radius 3 is 2.80 bits per heavy atom. The number of ether oxygens (including phenoxy) is 2. The van der Waals surface area contributed by atoms with E-state index < -0.39 is 0 Å². The first-order valence-corrected chi connectivity index (χ1v) is 11.6. The molecule has 0 radical (unpaired) electrons. The SMILES string of the molecule is COc1ccc(-c2nnc(SCc3noc4c3CCCC4)n2CC2CCCO2)cc1. The largest absolute Gasteiger partial charge is 0.497 e. The van der Waals surface area contributed by atoms with Crippen LogP contribution in [0.2, 0.25) is 0 Å². The van der Waals surface area contributed by atoms with Crippen molar-refractivity contribution in [1.29, 1.82) is 0 Å². The third-order valence-corrected chi connectivity index (χ3v) is 6.82. The van der Waals surface area contributed by atoms with Crippen molar-refractivity contribution in [2.75, 3.05) is 13.7 Å². The number of benzene rings is 1. The predicted molar refractivity (Wildman–Crippen MR) is 114 cm³/mol. The van der Waals surface area contributed by atoms with Gasteiger partial charge in [0.15, 0.2) is 11.0 Å². The molecule has 0 saturated carbocycles. The number of nitrogens with zero attached hydrogens (tertiary/aromatic N) is 4. The van der Waals surface area contributed by atoms with Crippen LogP contribution in [0.25, 0.3) is 11.4 Å². The van der Waals surface area contributed by atoms with E-state index >= 15 is 0 Å². The smallest absolute Gasteiger partial charge is 0.191 e. The van der Waals surface area contributed by atoms with Gasteiger partial charge in [-0.1, -0.05) is 16.9 Å². The summed E-state index contributed by atoms with van der Waals surface area (Å²) < 4.78 is 19.0. The van der Waals surface area contributed by atoms with Crippen molar-refractivity contribution >= 4 is 11.8 Å². The maximum Gasteiger partial charge on any atom is 0.191 e. The summed E-state index contributed by atoms with van der Waals surface area (Å²) in [5.41, 5.74) is 3.37. The summed E-state index contributed by atoms with van der Waals surface area (Å²) in [6.07, 6.45) is 6.85. The molecule has 3 heterocycles. The van der Waals surface area contributed by atoms with Gasteiger partial charge >= 0.3 is 0 Å². The maximum absolute atomic E-state index is 5.90. The van der Waals surface area contributed by atoms with E-state index in [1.165, 1.54) is 18.4 Å². The number of rotatable bonds is 7. The normalized spacial score (nSPS) is 18.5. The van der Waals surface area contributed by atoms with E-state index in [1.807, 2.05) is 24.3 Å². The molecule has 1 atom stereocenters. The molecule has 2 aliphatic rings. The first-order valence-electron chi connectivity index (χ1n) is 10.6. The molecule has 3 aromatic rings. The molecule has 0 N–H and O–H groups in total. The molecule has 8 heteroatoms. The Morgan fingerprint density at radius 1 is 1.13 bits per heavy atom. The number of thioether (sulfide) groups is 1. The fraction of sp³-hybridized carbons (Fsp3) is 0.500. The molecular weight excluding hydrogens is 400 g/mol. The number of aromatic nitrogens is 4. The average molecular weight is 427 g/mol. The Morgan fingerprint density at radius 2 is 2.00 bits per heavy atom. The Kier molecular flexibility index (Phi) is 5.77. The number of aryl methyl sites for hydroxylation is 1. The third kappa shape index (κ3) is 3.98. The molecule has 1 saturated heterocycles. The minimum Gasteiger partial charge on any atom is -0.497 e. The van der Waals surface area contributed by atoms with Crippen molar-refractivity contribution in [3.05, 3.63) is 41.3 Å². The lowest BCUT2D eigenvalue weighted by atomic mass is 9.97. The molecule has 30 heavy (non-hydrogen) atoms. The molecule has 1 fully saturated rings. The molecule has 5 rings (SSSR count). The van der Waals surface area contributed by atoms with Crippen molar-refractivity contribution in [3.8, 4) is 17.1 Å². The topological polar surface area (TPSA) is 75.2 Å². The second-order valence-electron chi connectivity index (χ2n) is 7.81. The summed E-state index contributed by atoms with van der Waals surface area (Å²) in [6, 6.07) is 7.96. The zero-order valence-corrected chi connectivity index (χ0v) is 18.0. The third-order valence-electron chi connectivity index (χ3n) is 5.84. The van der Waals surface area contributed by atoms with Crippen molar-refractivity contribution in [1.82, 2.24) is 19.9 Å². The first kappa shape index (κ1) is 19.6. The summed E-state index contributed by atoms with van der Waals surface area (Å²) in [4.78, 5) is 0. The van der Waals surface area contributed by atoms with E-state index in [2.05, 4.69) is 19.9 Å². The predicted octanol–water partition coefficient (Wildman–Crippen LogP) is 4.29. The Bertz CT molecular complexity index is 992. The quantitative estimate of drug-likeness (QED) is 0.522. The van der Waals surface area contributed by atoms with Crippen LogP contribution in [0.4, 0.5) is 0 Å². The summed E-state index contributed by atoms with van der Waals surface area (Å²) in [6.45, 7) is 1.59. The zero-order valence-electron chi connectivity index (χ0n) is 17.2. The molecule has 1 unspecified atom stereocenters. The van der Waals surface area contributed by atoms with Crippen LogP contribution >= 0.6 is 11.8 Å². The summed E-state index contributed by atoms with van der Waals surface area (Å²) >= 11 is 1.67. The van der Waals surface area contributed by atoms with Crippen LogP contribution in [0.1, 0.15) is 42.7 Å². The lowest BCUT2D eigenvalue weighted by Crippen LogP contribution is -2.16. The minimum atomic E-state index is 0.206. The lowest BCUT2D eigenvalue weighted by molar-refractivity contribution is 0.0953. The van der Waals surface area contributed by atoms with E-state index in [-0.39, 0.29) is 6.10 Å². The van der Waals surface area contributed by atoms with Crippen molar-refractivity contribution in [2.24, 2.45) is 0 Å². The molecule has 0 bridgehead atoms. The van der Waals surface area contributed by atoms with E-state index in [9.17, 15) is 0 Å². The number of hydrogen-bond donors (Lipinski definition) is 0. The highest BCUT2D eigenvalue weighted by atomic mass is 32.2. The second-order valence-corrected chi connectivity index (χ2v) is 8.75. The molecular formula is C22H26N4O3S. The number of methoxy groups -OCH3 is 1. The van der Waals surface area contributed by atoms with E-state index in [0.29, 0.717) is 0 Å². The van der Waals surface area contributed by atoms with Crippen LogP contribution in [0.15, 0.2) is 33.9 Å². The Balaban J connectivity index is 1.40. The average Bonchev–Trinajstić information content (AvgIpc) is 3.53. The van der Waals surface area contributed by atoms with Crippen LogP contribution < -0.4 is 4.74 Å². The van der Waals surface area contributed by atoms with Crippen LogP contribution in [0.5, 0.6) is 5.75 Å². The number of fused-ring (bicyclic) bond motifs is 1. The maximum atomic E-state index is 5.90. The molecule has 2 aromatic heterocycles. The van der Waals surface area contributed by atoms with Gasteiger partial charge in [0.2, 0.25) is 0 Å². The van der Waals surface area contributed by atoms with Gasteiger partial charge in [-0.3, -0.25) is 4.57 Å². The monoisotopic (exact) mass is 426 g/mol. The van der Waals surface area contributed by atoms with Crippen LogP contribution in [0.3, 0.4) is 0 Å². The van der Waals surface area contributed by atoms with Crippen LogP contribution in [-0.4, -0.2) is 39.7 Å². The number of hydrogen-bond acceptors (Lipinski definition) is 7. The molecule has 0 spiro atoms. The molecule has 1 aromatic carbocycles. The van der Waals surface area contributed by atoms with Crippen molar-refractivity contribution < 1.29 is 14.0 Å². The second kappa shape index (κ2) is 8.81. The Labute approximate surface area is 180 Å². The van der Waals surface area contributed by atoms with Gasteiger partial charge in [0, 0.05) is 29.9 Å². The van der Waals surface area contributed by atoms with Crippen LogP contribution in [0, 0.1) is 0 Å². The van der Waals surface area contributed by atoms with Gasteiger partial charge in [-0.05, 0) is 56.4 Å². The summed E-state index contributed by atoms with van der Waals surface area (Å²) in [5, 5.41) is 14.3. The van der Waals surface area contributed by atoms with Gasteiger partial charge in [-0.15, -0.1) is 10.2 Å². The molecule has 7 nitrogen and oxygen atoms in total. The van der Waals surface area contributed by atoms with Gasteiger partial charge in [0.1, 0.15) is 11.5 Å². The molecule has 0 amide bonds. The van der Waals surface area contributed by atoms with Gasteiger partial charge in [0.05, 0.1) is 25.5 Å². The molecule has 158 valence electrons. The summed E-state index contributed by atoms with van der Waals surface area (Å²) in [7, 11) is 1.67. The standard InChI is InChI=1S/C22H26N4O3S/c1-27-16-10-8-15(9-11-16)21-23-24-22(26(21)13-17-5-4-12-28-17)30-14-19-18-6-2-3-7-20(18)29-25-19/h8-11,17H,2-7,12-14H2,1H3. The first-order chi connectivity index (χ1) is 14.8. The van der Waals surface area contributed by atoms with Crippen molar-refractivity contribution in [3.63, 3.8) is 0 Å². The van der Waals surface area contributed by atoms with Crippen molar-refractivity contribution in [2.45, 2.75) is 62.1 Å². The molecule has 1 aliphatic heterocycles. The van der Waals surface area contributed by atoms with Crippen LogP contribution in [-0.2, 0) is 29.9 Å². The Hall–Kier alpha value is -2.32. The highest BCUT2D eigenvalue weighted by Gasteiger charge is 2.24. The fourth-order valence-electron chi connectivity index (χ4n) is 4.20. The zero-order chi connectivity index (χ0) is 20.3. The van der Waals surface area contributed by atoms with Gasteiger partial charge in [-0.2, -0.15) is 0 Å². The van der Waals surface area contributed by atoms with Gasteiger partial charge in [0.25, 0.3) is 0 Å². The fourth-order valence-corrected chi connectivity index (χ4v) is 5.11. The van der Waals surface area contributed by atoms with Gasteiger partial charge < -0.3 is 14.0 Å². The molecule has 1 aliphatic carbocycles. The summed E-state index contributed by atoms with van der Waals surface area (Å²) in [5.74, 6) is 3.49. The highest BCUT2D eigenvalue weighted by Crippen LogP contribution is 2.32. The lowest BCUT2D eigenvalue weighted by Gasteiger charge is -2.15. The van der Waals surface area contributed by atoms with E-state index in [0.717, 1.165) is 78.3 Å². The van der Waals surface area contributed by atoms with E-state index in [1.54, 1.807) is 18.9 Å². The van der Waals surface area contributed by atoms with Gasteiger partial charge in [-0.25, -0.2) is 0 Å². The highest BCUT2D eigenvalue weighted by molar-refractivity contribution is 7.98. The van der Waals surface area contributed by atoms with E-state index in [4.69, 9.17) is 14.0 Å². The minimum absolute atomic E-state index is 0.206.